The van der Waals surface area contributed by atoms with E-state index in [-0.39, 0.29) is 6.04 Å². The number of benzene rings is 2. The second kappa shape index (κ2) is 6.05. The Balaban J connectivity index is 2.27. The van der Waals surface area contributed by atoms with Gasteiger partial charge in [0.05, 0.1) is 11.6 Å². The first kappa shape index (κ1) is 13.1. The van der Waals surface area contributed by atoms with Crippen LogP contribution in [-0.4, -0.2) is 11.1 Å². The molecule has 3 heteroatoms. The first-order valence-electron chi connectivity index (χ1n) is 6.36. The molecule has 0 radical (unpaired) electrons. The van der Waals surface area contributed by atoms with Crippen molar-refractivity contribution in [3.8, 4) is 0 Å². The molecule has 1 unspecified atom stereocenters. The number of hydrogen-bond donors (Lipinski definition) is 2. The third-order valence-corrected chi connectivity index (χ3v) is 3.10. The topological polar surface area (TPSA) is 49.3 Å². The number of carboxylic acids is 1. The Hall–Kier alpha value is -2.29. The normalized spacial score (nSPS) is 11.8. The van der Waals surface area contributed by atoms with Crippen LogP contribution >= 0.6 is 0 Å². The summed E-state index contributed by atoms with van der Waals surface area (Å²) in [4.78, 5) is 11.2. The minimum absolute atomic E-state index is 0.113. The number of rotatable bonds is 5. The van der Waals surface area contributed by atoms with Crippen LogP contribution in [0.15, 0.2) is 54.6 Å². The number of carbonyl (C=O) groups is 1. The van der Waals surface area contributed by atoms with Crippen molar-refractivity contribution >= 4 is 11.7 Å². The molecule has 2 N–H and O–H groups in total. The van der Waals surface area contributed by atoms with Gasteiger partial charge in [0.2, 0.25) is 0 Å². The van der Waals surface area contributed by atoms with Gasteiger partial charge in [-0.25, -0.2) is 4.79 Å². The van der Waals surface area contributed by atoms with Crippen LogP contribution < -0.4 is 5.32 Å². The molecule has 19 heavy (non-hydrogen) atoms. The summed E-state index contributed by atoms with van der Waals surface area (Å²) in [6.07, 6.45) is 0.887. The molecule has 0 aliphatic rings. The Morgan fingerprint density at radius 3 is 2.37 bits per heavy atom. The van der Waals surface area contributed by atoms with Crippen LogP contribution in [0.5, 0.6) is 0 Å². The minimum atomic E-state index is -0.911. The van der Waals surface area contributed by atoms with Crippen LogP contribution in [0, 0.1) is 0 Å². The van der Waals surface area contributed by atoms with E-state index in [4.69, 9.17) is 0 Å². The number of para-hydroxylation sites is 1. The molecule has 0 bridgehead atoms. The first-order chi connectivity index (χ1) is 9.22. The Kier molecular flexibility index (Phi) is 4.18. The van der Waals surface area contributed by atoms with Crippen molar-refractivity contribution in [3.63, 3.8) is 0 Å². The fourth-order valence-corrected chi connectivity index (χ4v) is 2.09. The molecule has 0 fully saturated rings. The summed E-state index contributed by atoms with van der Waals surface area (Å²) in [5, 5.41) is 12.5. The molecule has 0 saturated heterocycles. The lowest BCUT2D eigenvalue weighted by Crippen LogP contribution is -2.12. The molecule has 98 valence electrons. The highest BCUT2D eigenvalue weighted by molar-refractivity contribution is 5.94. The van der Waals surface area contributed by atoms with Crippen LogP contribution in [0.25, 0.3) is 0 Å². The zero-order valence-corrected chi connectivity index (χ0v) is 10.8. The second-order valence-electron chi connectivity index (χ2n) is 4.37. The summed E-state index contributed by atoms with van der Waals surface area (Å²) in [7, 11) is 0. The van der Waals surface area contributed by atoms with Gasteiger partial charge in [-0.1, -0.05) is 49.4 Å². The van der Waals surface area contributed by atoms with Crippen molar-refractivity contribution in [2.24, 2.45) is 0 Å². The first-order valence-corrected chi connectivity index (χ1v) is 6.36. The van der Waals surface area contributed by atoms with Gasteiger partial charge in [0.25, 0.3) is 0 Å². The van der Waals surface area contributed by atoms with E-state index < -0.39 is 5.97 Å². The van der Waals surface area contributed by atoms with Crippen molar-refractivity contribution in [2.75, 3.05) is 5.32 Å². The average Bonchev–Trinajstić information content (AvgIpc) is 2.46. The molecule has 2 rings (SSSR count). The van der Waals surface area contributed by atoms with Gasteiger partial charge in [0.1, 0.15) is 0 Å². The monoisotopic (exact) mass is 255 g/mol. The van der Waals surface area contributed by atoms with E-state index in [9.17, 15) is 9.90 Å². The Morgan fingerprint density at radius 2 is 1.74 bits per heavy atom. The van der Waals surface area contributed by atoms with Gasteiger partial charge in [0, 0.05) is 5.69 Å². The molecule has 1 atom stereocenters. The zero-order valence-electron chi connectivity index (χ0n) is 10.8. The molecule has 0 saturated carbocycles. The Bertz CT molecular complexity index is 552. The van der Waals surface area contributed by atoms with E-state index in [0.29, 0.717) is 11.3 Å². The van der Waals surface area contributed by atoms with Gasteiger partial charge in [-0.05, 0) is 24.1 Å². The van der Waals surface area contributed by atoms with Crippen molar-refractivity contribution in [1.29, 1.82) is 0 Å². The summed E-state index contributed by atoms with van der Waals surface area (Å²) < 4.78 is 0. The fourth-order valence-electron chi connectivity index (χ4n) is 2.09. The maximum absolute atomic E-state index is 11.2. The minimum Gasteiger partial charge on any atom is -0.478 e. The van der Waals surface area contributed by atoms with Crippen molar-refractivity contribution in [3.05, 3.63) is 65.7 Å². The molecule has 2 aromatic carbocycles. The molecular weight excluding hydrogens is 238 g/mol. The van der Waals surface area contributed by atoms with E-state index in [1.54, 1.807) is 18.2 Å². The molecular formula is C16H17NO2. The summed E-state index contributed by atoms with van der Waals surface area (Å²) in [5.74, 6) is -0.911. The Morgan fingerprint density at radius 1 is 1.11 bits per heavy atom. The highest BCUT2D eigenvalue weighted by Gasteiger charge is 2.13. The summed E-state index contributed by atoms with van der Waals surface area (Å²) in [6.45, 7) is 2.08. The van der Waals surface area contributed by atoms with Gasteiger partial charge in [0.15, 0.2) is 0 Å². The lowest BCUT2D eigenvalue weighted by molar-refractivity contribution is 0.0698. The lowest BCUT2D eigenvalue weighted by atomic mass is 10.0. The molecule has 3 nitrogen and oxygen atoms in total. The summed E-state index contributed by atoms with van der Waals surface area (Å²) in [6, 6.07) is 17.1. The third-order valence-electron chi connectivity index (χ3n) is 3.10. The number of hydrogen-bond acceptors (Lipinski definition) is 2. The van der Waals surface area contributed by atoms with E-state index in [2.05, 4.69) is 12.2 Å². The molecule has 0 amide bonds. The highest BCUT2D eigenvalue weighted by atomic mass is 16.4. The van der Waals surface area contributed by atoms with E-state index in [1.165, 1.54) is 0 Å². The van der Waals surface area contributed by atoms with Gasteiger partial charge in [-0.3, -0.25) is 0 Å². The van der Waals surface area contributed by atoms with E-state index in [1.807, 2.05) is 36.4 Å². The number of aromatic carboxylic acids is 1. The highest BCUT2D eigenvalue weighted by Crippen LogP contribution is 2.24. The SMILES string of the molecule is CCC(Nc1ccccc1C(=O)O)c1ccccc1. The van der Waals surface area contributed by atoms with Crippen LogP contribution in [0.3, 0.4) is 0 Å². The van der Waals surface area contributed by atoms with Crippen LogP contribution in [0.1, 0.15) is 35.3 Å². The standard InChI is InChI=1S/C16H17NO2/c1-2-14(12-8-4-3-5-9-12)17-15-11-7-6-10-13(15)16(18)19/h3-11,14,17H,2H2,1H3,(H,18,19). The maximum atomic E-state index is 11.2. The molecule has 0 aliphatic heterocycles. The zero-order chi connectivity index (χ0) is 13.7. The molecule has 0 aromatic heterocycles. The van der Waals surface area contributed by atoms with E-state index in [0.717, 1.165) is 12.0 Å². The van der Waals surface area contributed by atoms with Crippen LogP contribution in [-0.2, 0) is 0 Å². The lowest BCUT2D eigenvalue weighted by Gasteiger charge is -2.20. The van der Waals surface area contributed by atoms with E-state index >= 15 is 0 Å². The largest absolute Gasteiger partial charge is 0.478 e. The smallest absolute Gasteiger partial charge is 0.337 e. The average molecular weight is 255 g/mol. The van der Waals surface area contributed by atoms with Crippen molar-refractivity contribution in [2.45, 2.75) is 19.4 Å². The molecule has 2 aromatic rings. The van der Waals surface area contributed by atoms with Gasteiger partial charge >= 0.3 is 5.97 Å². The third kappa shape index (κ3) is 3.13. The predicted octanol–water partition coefficient (Wildman–Crippen LogP) is 3.95. The van der Waals surface area contributed by atoms with Crippen LogP contribution in [0.2, 0.25) is 0 Å². The second-order valence-corrected chi connectivity index (χ2v) is 4.37. The van der Waals surface area contributed by atoms with Gasteiger partial charge in [-0.2, -0.15) is 0 Å². The molecule has 0 aliphatic carbocycles. The molecule has 0 spiro atoms. The molecule has 0 heterocycles. The van der Waals surface area contributed by atoms with Crippen LogP contribution in [0.4, 0.5) is 5.69 Å². The van der Waals surface area contributed by atoms with Crippen molar-refractivity contribution < 1.29 is 9.90 Å². The van der Waals surface area contributed by atoms with Gasteiger partial charge in [-0.15, -0.1) is 0 Å². The van der Waals surface area contributed by atoms with Gasteiger partial charge < -0.3 is 10.4 Å². The predicted molar refractivity (Wildman–Crippen MR) is 76.5 cm³/mol. The summed E-state index contributed by atoms with van der Waals surface area (Å²) >= 11 is 0. The number of nitrogens with one attached hydrogen (secondary N) is 1. The fraction of sp³-hybridized carbons (Fsp3) is 0.188. The summed E-state index contributed by atoms with van der Waals surface area (Å²) in [5.41, 5.74) is 2.12. The maximum Gasteiger partial charge on any atom is 0.337 e. The Labute approximate surface area is 112 Å². The number of anilines is 1. The quantitative estimate of drug-likeness (QED) is 0.850. The number of carboxylic acid groups (broad SMARTS) is 1. The van der Waals surface area contributed by atoms with Crippen molar-refractivity contribution in [1.82, 2.24) is 0 Å².